The number of nitrogens with one attached hydrogen (secondary N) is 1. The van der Waals surface area contributed by atoms with Crippen LogP contribution in [0.1, 0.15) is 38.7 Å². The van der Waals surface area contributed by atoms with E-state index in [9.17, 15) is 4.79 Å². The van der Waals surface area contributed by atoms with Crippen molar-refractivity contribution < 1.29 is 14.3 Å². The molecule has 0 atom stereocenters. The fourth-order valence-electron chi connectivity index (χ4n) is 4.17. The monoisotopic (exact) mass is 346 g/mol. The zero-order valence-electron chi connectivity index (χ0n) is 15.9. The first-order valence-corrected chi connectivity index (χ1v) is 9.12. The van der Waals surface area contributed by atoms with Crippen LogP contribution < -0.4 is 10.1 Å². The number of amides is 1. The Hall–Kier alpha value is -1.59. The van der Waals surface area contributed by atoms with Crippen molar-refractivity contribution in [1.29, 1.82) is 0 Å². The molecule has 2 heterocycles. The van der Waals surface area contributed by atoms with Gasteiger partial charge < -0.3 is 14.8 Å². The van der Waals surface area contributed by atoms with E-state index >= 15 is 0 Å². The maximum Gasteiger partial charge on any atom is 0.238 e. The molecule has 1 N–H and O–H groups in total. The van der Waals surface area contributed by atoms with Crippen molar-refractivity contribution >= 4 is 11.6 Å². The van der Waals surface area contributed by atoms with Crippen LogP contribution in [-0.4, -0.2) is 49.8 Å². The Morgan fingerprint density at radius 1 is 1.32 bits per heavy atom. The molecular formula is C20H30N2O3. The Morgan fingerprint density at radius 3 is 2.64 bits per heavy atom. The first-order chi connectivity index (χ1) is 11.8. The highest BCUT2D eigenvalue weighted by atomic mass is 16.5. The highest BCUT2D eigenvalue weighted by molar-refractivity contribution is 5.93. The number of rotatable bonds is 4. The van der Waals surface area contributed by atoms with Gasteiger partial charge in [0, 0.05) is 0 Å². The van der Waals surface area contributed by atoms with Gasteiger partial charge in [-0.3, -0.25) is 9.69 Å². The average molecular weight is 346 g/mol. The Kier molecular flexibility index (Phi) is 5.07. The summed E-state index contributed by atoms with van der Waals surface area (Å²) in [4.78, 5) is 14.7. The number of anilines is 1. The number of methoxy groups -OCH3 is 1. The largest absolute Gasteiger partial charge is 0.495 e. The van der Waals surface area contributed by atoms with Crippen LogP contribution in [0, 0.1) is 12.3 Å². The molecule has 2 aliphatic heterocycles. The number of aryl methyl sites for hydroxylation is 1. The number of ether oxygens (including phenoxy) is 2. The topological polar surface area (TPSA) is 50.8 Å². The first kappa shape index (κ1) is 18.2. The first-order valence-electron chi connectivity index (χ1n) is 9.12. The van der Waals surface area contributed by atoms with Crippen LogP contribution in [0.25, 0.3) is 0 Å². The van der Waals surface area contributed by atoms with E-state index in [0.717, 1.165) is 50.2 Å². The van der Waals surface area contributed by atoms with Crippen LogP contribution in [-0.2, 0) is 9.53 Å². The fourth-order valence-corrected chi connectivity index (χ4v) is 4.17. The standard InChI is InChI=1S/C20H30N2O3/c1-15-5-6-17(24-4)16(11-15)21-18(23)12-22-9-7-20(8-10-22)13-19(2,3)25-14-20/h5-6,11H,7-10,12-14H2,1-4H3,(H,21,23). The Bertz CT molecular complexity index is 634. The second kappa shape index (κ2) is 6.96. The average Bonchev–Trinajstić information content (AvgIpc) is 2.85. The third-order valence-electron chi connectivity index (χ3n) is 5.48. The number of benzene rings is 1. The molecule has 0 unspecified atom stereocenters. The SMILES string of the molecule is COc1ccc(C)cc1NC(=O)CN1CCC2(CC1)COC(C)(C)C2. The molecule has 25 heavy (non-hydrogen) atoms. The van der Waals surface area contributed by atoms with Crippen LogP contribution in [0.15, 0.2) is 18.2 Å². The van der Waals surface area contributed by atoms with E-state index in [1.807, 2.05) is 25.1 Å². The third kappa shape index (κ3) is 4.33. The molecule has 5 nitrogen and oxygen atoms in total. The van der Waals surface area contributed by atoms with E-state index in [1.54, 1.807) is 7.11 Å². The van der Waals surface area contributed by atoms with Crippen molar-refractivity contribution in [3.8, 4) is 5.75 Å². The van der Waals surface area contributed by atoms with Crippen LogP contribution in [0.2, 0.25) is 0 Å². The zero-order valence-corrected chi connectivity index (χ0v) is 15.9. The lowest BCUT2D eigenvalue weighted by Gasteiger charge is -2.38. The minimum absolute atomic E-state index is 0.00126. The number of hydrogen-bond donors (Lipinski definition) is 1. The fraction of sp³-hybridized carbons (Fsp3) is 0.650. The highest BCUT2D eigenvalue weighted by Gasteiger charge is 2.45. The van der Waals surface area contributed by atoms with Crippen LogP contribution in [0.4, 0.5) is 5.69 Å². The summed E-state index contributed by atoms with van der Waals surface area (Å²) in [5, 5.41) is 2.99. The van der Waals surface area contributed by atoms with Crippen LogP contribution in [0.5, 0.6) is 5.75 Å². The maximum absolute atomic E-state index is 12.4. The number of hydrogen-bond acceptors (Lipinski definition) is 4. The number of likely N-dealkylation sites (tertiary alicyclic amines) is 1. The second-order valence-electron chi connectivity index (χ2n) is 8.25. The molecule has 0 radical (unpaired) electrons. The smallest absolute Gasteiger partial charge is 0.238 e. The van der Waals surface area contributed by atoms with Gasteiger partial charge in [-0.1, -0.05) is 6.07 Å². The summed E-state index contributed by atoms with van der Waals surface area (Å²) in [6, 6.07) is 5.81. The van der Waals surface area contributed by atoms with E-state index in [-0.39, 0.29) is 11.5 Å². The van der Waals surface area contributed by atoms with Gasteiger partial charge in [0.05, 0.1) is 31.5 Å². The summed E-state index contributed by atoms with van der Waals surface area (Å²) >= 11 is 0. The zero-order chi connectivity index (χ0) is 18.1. The number of nitrogens with zero attached hydrogens (tertiary/aromatic N) is 1. The summed E-state index contributed by atoms with van der Waals surface area (Å²) in [7, 11) is 1.62. The summed E-state index contributed by atoms with van der Waals surface area (Å²) < 4.78 is 11.3. The predicted octanol–water partition coefficient (Wildman–Crippen LogP) is 3.22. The molecule has 1 aromatic carbocycles. The molecule has 1 aromatic rings. The normalized spacial score (nSPS) is 22.1. The van der Waals surface area contributed by atoms with E-state index in [0.29, 0.717) is 17.7 Å². The molecular weight excluding hydrogens is 316 g/mol. The van der Waals surface area contributed by atoms with Gasteiger partial charge in [-0.25, -0.2) is 0 Å². The molecule has 5 heteroatoms. The van der Waals surface area contributed by atoms with Crippen molar-refractivity contribution in [1.82, 2.24) is 4.90 Å². The summed E-state index contributed by atoms with van der Waals surface area (Å²) in [5.74, 6) is 0.713. The number of carbonyl (C=O) groups is 1. The summed E-state index contributed by atoms with van der Waals surface area (Å²) in [6.45, 7) is 9.56. The number of piperidine rings is 1. The minimum Gasteiger partial charge on any atom is -0.495 e. The summed E-state index contributed by atoms with van der Waals surface area (Å²) in [6.07, 6.45) is 3.34. The minimum atomic E-state index is 0.00126. The molecule has 1 spiro atoms. The van der Waals surface area contributed by atoms with Gasteiger partial charge >= 0.3 is 0 Å². The predicted molar refractivity (Wildman–Crippen MR) is 99.1 cm³/mol. The summed E-state index contributed by atoms with van der Waals surface area (Å²) in [5.41, 5.74) is 2.16. The van der Waals surface area contributed by atoms with E-state index in [1.165, 1.54) is 0 Å². The van der Waals surface area contributed by atoms with Gasteiger partial charge in [-0.15, -0.1) is 0 Å². The lowest BCUT2D eigenvalue weighted by molar-refractivity contribution is -0.117. The van der Waals surface area contributed by atoms with Gasteiger partial charge in [-0.05, 0) is 76.2 Å². The second-order valence-corrected chi connectivity index (χ2v) is 8.25. The Morgan fingerprint density at radius 2 is 2.04 bits per heavy atom. The number of carbonyl (C=O) groups excluding carboxylic acids is 1. The maximum atomic E-state index is 12.4. The molecule has 3 rings (SSSR count). The molecule has 138 valence electrons. The van der Waals surface area contributed by atoms with Gasteiger partial charge in [0.2, 0.25) is 5.91 Å². The van der Waals surface area contributed by atoms with Crippen molar-refractivity contribution in [2.24, 2.45) is 5.41 Å². The van der Waals surface area contributed by atoms with Crippen LogP contribution >= 0.6 is 0 Å². The van der Waals surface area contributed by atoms with Crippen molar-refractivity contribution in [2.75, 3.05) is 38.7 Å². The Labute approximate surface area is 150 Å². The van der Waals surface area contributed by atoms with E-state index in [4.69, 9.17) is 9.47 Å². The van der Waals surface area contributed by atoms with Crippen LogP contribution in [0.3, 0.4) is 0 Å². The van der Waals surface area contributed by atoms with Gasteiger partial charge in [0.25, 0.3) is 0 Å². The Balaban J connectivity index is 1.53. The third-order valence-corrected chi connectivity index (χ3v) is 5.48. The van der Waals surface area contributed by atoms with Crippen molar-refractivity contribution in [2.45, 2.75) is 45.6 Å². The van der Waals surface area contributed by atoms with Gasteiger partial charge in [-0.2, -0.15) is 0 Å². The molecule has 0 aliphatic carbocycles. The molecule has 2 fully saturated rings. The lowest BCUT2D eigenvalue weighted by Crippen LogP contribution is -2.44. The molecule has 0 bridgehead atoms. The van der Waals surface area contributed by atoms with E-state index in [2.05, 4.69) is 24.1 Å². The molecule has 1 amide bonds. The molecule has 0 aromatic heterocycles. The highest BCUT2D eigenvalue weighted by Crippen LogP contribution is 2.46. The quantitative estimate of drug-likeness (QED) is 0.909. The molecule has 2 aliphatic rings. The van der Waals surface area contributed by atoms with Gasteiger partial charge in [0.1, 0.15) is 5.75 Å². The molecule has 0 saturated carbocycles. The van der Waals surface area contributed by atoms with Crippen molar-refractivity contribution in [3.05, 3.63) is 23.8 Å². The molecule has 2 saturated heterocycles. The van der Waals surface area contributed by atoms with Crippen molar-refractivity contribution in [3.63, 3.8) is 0 Å². The lowest BCUT2D eigenvalue weighted by atomic mass is 9.74. The van der Waals surface area contributed by atoms with Gasteiger partial charge in [0.15, 0.2) is 0 Å². The van der Waals surface area contributed by atoms with E-state index < -0.39 is 0 Å².